The third-order valence-electron chi connectivity index (χ3n) is 5.05. The van der Waals surface area contributed by atoms with Crippen LogP contribution in [0.2, 0.25) is 0 Å². The molecule has 32 heavy (non-hydrogen) atoms. The van der Waals surface area contributed by atoms with E-state index in [1.165, 1.54) is 0 Å². The zero-order chi connectivity index (χ0) is 23.3. The first-order valence-electron chi connectivity index (χ1n) is 10.3. The molecule has 7 heteroatoms. The Morgan fingerprint density at radius 1 is 1.03 bits per heavy atom. The first-order chi connectivity index (χ1) is 15.2. The predicted octanol–water partition coefficient (Wildman–Crippen LogP) is 3.85. The maximum Gasteiger partial charge on any atom is 0.255 e. The van der Waals surface area contributed by atoms with Crippen LogP contribution in [0.1, 0.15) is 40.1 Å². The molecule has 2 amide bonds. The number of aliphatic hydroxyl groups is 1. The second kappa shape index (κ2) is 9.62. The van der Waals surface area contributed by atoms with Gasteiger partial charge in [0.1, 0.15) is 5.82 Å². The number of aromatic nitrogens is 1. The van der Waals surface area contributed by atoms with Gasteiger partial charge in [-0.25, -0.2) is 4.98 Å². The summed E-state index contributed by atoms with van der Waals surface area (Å²) in [6, 6.07) is 16.4. The van der Waals surface area contributed by atoms with Gasteiger partial charge >= 0.3 is 0 Å². The Morgan fingerprint density at radius 3 is 2.41 bits per heavy atom. The molecule has 1 aromatic heterocycles. The van der Waals surface area contributed by atoms with Crippen molar-refractivity contribution in [3.63, 3.8) is 0 Å². The largest absolute Gasteiger partial charge is 0.394 e. The molecule has 0 saturated carbocycles. The summed E-state index contributed by atoms with van der Waals surface area (Å²) in [7, 11) is 1.55. The van der Waals surface area contributed by atoms with E-state index in [-0.39, 0.29) is 18.4 Å². The van der Waals surface area contributed by atoms with Gasteiger partial charge in [-0.05, 0) is 62.2 Å². The average molecular weight is 433 g/mol. The quantitative estimate of drug-likeness (QED) is 0.454. The Kier molecular flexibility index (Phi) is 6.90. The van der Waals surface area contributed by atoms with E-state index in [9.17, 15) is 14.7 Å². The highest BCUT2D eigenvalue weighted by Crippen LogP contribution is 2.28. The number of nitrogens with zero attached hydrogens (tertiary/aromatic N) is 1. The van der Waals surface area contributed by atoms with Crippen LogP contribution in [-0.2, 0) is 0 Å². The molecule has 0 saturated heterocycles. The van der Waals surface area contributed by atoms with Crippen LogP contribution in [0.4, 0.5) is 11.5 Å². The molecule has 0 aliphatic carbocycles. The number of nitrogens with one attached hydrogen (secondary N) is 3. The molecule has 0 radical (unpaired) electrons. The fourth-order valence-corrected chi connectivity index (χ4v) is 3.18. The van der Waals surface area contributed by atoms with Crippen molar-refractivity contribution in [2.24, 2.45) is 0 Å². The summed E-state index contributed by atoms with van der Waals surface area (Å²) >= 11 is 0. The first-order valence-corrected chi connectivity index (χ1v) is 10.3. The number of anilines is 2. The molecule has 2 aromatic carbocycles. The van der Waals surface area contributed by atoms with E-state index in [2.05, 4.69) is 20.9 Å². The monoisotopic (exact) mass is 432 g/mol. The molecule has 0 fully saturated rings. The smallest absolute Gasteiger partial charge is 0.255 e. The van der Waals surface area contributed by atoms with Crippen molar-refractivity contribution < 1.29 is 14.7 Å². The summed E-state index contributed by atoms with van der Waals surface area (Å²) < 4.78 is 0. The van der Waals surface area contributed by atoms with Crippen LogP contribution >= 0.6 is 0 Å². The summed E-state index contributed by atoms with van der Waals surface area (Å²) in [5.74, 6) is -0.145. The average Bonchev–Trinajstić information content (AvgIpc) is 2.79. The molecule has 3 rings (SSSR count). The van der Waals surface area contributed by atoms with E-state index in [0.29, 0.717) is 28.2 Å². The van der Waals surface area contributed by atoms with Gasteiger partial charge in [-0.1, -0.05) is 24.3 Å². The summed E-state index contributed by atoms with van der Waals surface area (Å²) in [6.45, 7) is 5.44. The highest BCUT2D eigenvalue weighted by molar-refractivity contribution is 6.05. The van der Waals surface area contributed by atoms with Crippen molar-refractivity contribution in [3.05, 3.63) is 77.5 Å². The van der Waals surface area contributed by atoms with E-state index >= 15 is 0 Å². The van der Waals surface area contributed by atoms with Gasteiger partial charge in [-0.15, -0.1) is 0 Å². The van der Waals surface area contributed by atoms with Crippen LogP contribution in [0.15, 0.2) is 60.8 Å². The van der Waals surface area contributed by atoms with Gasteiger partial charge < -0.3 is 21.1 Å². The van der Waals surface area contributed by atoms with Crippen LogP contribution in [0.25, 0.3) is 11.1 Å². The molecule has 0 spiro atoms. The Hall–Kier alpha value is -3.71. The molecule has 1 heterocycles. The number of rotatable bonds is 7. The molecule has 0 aliphatic heterocycles. The van der Waals surface area contributed by atoms with E-state index in [4.69, 9.17) is 0 Å². The minimum atomic E-state index is -0.650. The van der Waals surface area contributed by atoms with Gasteiger partial charge in [0.15, 0.2) is 0 Å². The van der Waals surface area contributed by atoms with Crippen molar-refractivity contribution in [1.82, 2.24) is 10.3 Å². The van der Waals surface area contributed by atoms with Crippen molar-refractivity contribution in [2.45, 2.75) is 26.3 Å². The highest BCUT2D eigenvalue weighted by Gasteiger charge is 2.22. The number of carbonyl (C=O) groups excluding carboxylic acids is 2. The number of amides is 2. The lowest BCUT2D eigenvalue weighted by Gasteiger charge is -2.25. The number of carbonyl (C=O) groups is 2. The van der Waals surface area contributed by atoms with Crippen molar-refractivity contribution in [2.75, 3.05) is 24.3 Å². The molecule has 0 unspecified atom stereocenters. The number of benzene rings is 2. The lowest BCUT2D eigenvalue weighted by Crippen LogP contribution is -2.36. The normalized spacial score (nSPS) is 11.0. The van der Waals surface area contributed by atoms with Crippen LogP contribution in [-0.4, -0.2) is 41.1 Å². The summed E-state index contributed by atoms with van der Waals surface area (Å²) in [5.41, 5.74) is 3.37. The number of pyridine rings is 1. The van der Waals surface area contributed by atoms with E-state index < -0.39 is 5.54 Å². The van der Waals surface area contributed by atoms with Gasteiger partial charge in [-0.2, -0.15) is 0 Å². The lowest BCUT2D eigenvalue weighted by molar-refractivity contribution is 0.0962. The van der Waals surface area contributed by atoms with Crippen LogP contribution < -0.4 is 16.0 Å². The van der Waals surface area contributed by atoms with Crippen LogP contribution in [0.3, 0.4) is 0 Å². The van der Waals surface area contributed by atoms with E-state index in [0.717, 1.165) is 11.1 Å². The maximum atomic E-state index is 12.7. The summed E-state index contributed by atoms with van der Waals surface area (Å²) in [6.07, 6.45) is 1.66. The molecule has 0 aliphatic rings. The van der Waals surface area contributed by atoms with E-state index in [1.54, 1.807) is 31.4 Å². The van der Waals surface area contributed by atoms with Crippen LogP contribution in [0, 0.1) is 6.92 Å². The minimum Gasteiger partial charge on any atom is -0.394 e. The molecule has 0 bridgehead atoms. The molecule has 4 N–H and O–H groups in total. The highest BCUT2D eigenvalue weighted by atomic mass is 16.3. The van der Waals surface area contributed by atoms with Gasteiger partial charge in [0, 0.05) is 30.1 Å². The van der Waals surface area contributed by atoms with Crippen LogP contribution in [0.5, 0.6) is 0 Å². The van der Waals surface area contributed by atoms with Gasteiger partial charge in [-0.3, -0.25) is 9.59 Å². The molecular weight excluding hydrogens is 404 g/mol. The number of para-hydroxylation sites is 1. The maximum absolute atomic E-state index is 12.7. The fourth-order valence-electron chi connectivity index (χ4n) is 3.18. The molecular formula is C25H28N4O3. The zero-order valence-corrected chi connectivity index (χ0v) is 18.7. The minimum absolute atomic E-state index is 0.124. The van der Waals surface area contributed by atoms with Gasteiger partial charge in [0.2, 0.25) is 0 Å². The molecule has 7 nitrogen and oxygen atoms in total. The predicted molar refractivity (Wildman–Crippen MR) is 127 cm³/mol. The zero-order valence-electron chi connectivity index (χ0n) is 18.7. The Labute approximate surface area is 187 Å². The Morgan fingerprint density at radius 2 is 1.75 bits per heavy atom. The third kappa shape index (κ3) is 5.31. The number of aryl methyl sites for hydroxylation is 1. The number of aliphatic hydroxyl groups excluding tert-OH is 1. The number of hydrogen-bond donors (Lipinski definition) is 4. The van der Waals surface area contributed by atoms with E-state index in [1.807, 2.05) is 57.2 Å². The Bertz CT molecular complexity index is 1130. The SMILES string of the molecule is CNC(=O)c1cc(-c2cc(C(=O)Nc3ccccc3)ccc2C)cnc1NC(C)(C)CO. The fraction of sp³-hybridized carbons (Fsp3) is 0.240. The van der Waals surface area contributed by atoms with Gasteiger partial charge in [0.25, 0.3) is 11.8 Å². The standard InChI is InChI=1S/C25H28N4O3/c1-16-10-11-17(23(31)28-19-8-6-5-7-9-19)12-20(16)18-13-21(24(32)26-4)22(27-14-18)29-25(2,3)15-30/h5-14,30H,15H2,1-4H3,(H,26,32)(H,27,29)(H,28,31). The lowest BCUT2D eigenvalue weighted by atomic mass is 9.97. The molecule has 3 aromatic rings. The molecule has 0 atom stereocenters. The summed E-state index contributed by atoms with van der Waals surface area (Å²) in [4.78, 5) is 29.7. The van der Waals surface area contributed by atoms with Crippen molar-refractivity contribution in [3.8, 4) is 11.1 Å². The second-order valence-corrected chi connectivity index (χ2v) is 8.22. The summed E-state index contributed by atoms with van der Waals surface area (Å²) in [5, 5.41) is 18.2. The van der Waals surface area contributed by atoms with Crippen molar-refractivity contribution in [1.29, 1.82) is 0 Å². The first kappa shape index (κ1) is 23.0. The second-order valence-electron chi connectivity index (χ2n) is 8.22. The third-order valence-corrected chi connectivity index (χ3v) is 5.05. The van der Waals surface area contributed by atoms with Crippen molar-refractivity contribution >= 4 is 23.3 Å². The Balaban J connectivity index is 1.98. The molecule has 166 valence electrons. The van der Waals surface area contributed by atoms with Gasteiger partial charge in [0.05, 0.1) is 17.7 Å². The topological polar surface area (TPSA) is 103 Å². The number of hydrogen-bond acceptors (Lipinski definition) is 5.